The van der Waals surface area contributed by atoms with E-state index in [9.17, 15) is 4.79 Å². The number of piperazine rings is 1. The fourth-order valence-electron chi connectivity index (χ4n) is 4.46. The Hall–Kier alpha value is -0.980. The lowest BCUT2D eigenvalue weighted by Crippen LogP contribution is -2.50. The van der Waals surface area contributed by atoms with Crippen LogP contribution in [0.1, 0.15) is 31.9 Å². The maximum Gasteiger partial charge on any atom is 0.236 e. The molecule has 3 aliphatic heterocycles. The monoisotopic (exact) mass is 406 g/mol. The molecule has 2 atom stereocenters. The number of carbonyl (C=O) groups excluding carboxylic acids is 1. The largest absolute Gasteiger partial charge is 0.342 e. The van der Waals surface area contributed by atoms with Crippen LogP contribution in [0.5, 0.6) is 0 Å². The Kier molecular flexibility index (Phi) is 5.11. The highest BCUT2D eigenvalue weighted by Crippen LogP contribution is 2.31. The van der Waals surface area contributed by atoms with Gasteiger partial charge in [-0.3, -0.25) is 19.6 Å². The Labute approximate surface area is 158 Å². The predicted octanol–water partition coefficient (Wildman–Crippen LogP) is 2.36. The number of rotatable bonds is 4. The van der Waals surface area contributed by atoms with Gasteiger partial charge in [0.15, 0.2) is 0 Å². The van der Waals surface area contributed by atoms with Crippen LogP contribution in [-0.2, 0) is 11.3 Å². The van der Waals surface area contributed by atoms with Crippen LogP contribution in [0.15, 0.2) is 22.8 Å². The number of piperidine rings is 1. The first-order valence-electron chi connectivity index (χ1n) is 9.45. The number of hydrogen-bond acceptors (Lipinski definition) is 4. The van der Waals surface area contributed by atoms with Crippen molar-refractivity contribution in [2.75, 3.05) is 32.7 Å². The average Bonchev–Trinajstić information content (AvgIpc) is 3.17. The van der Waals surface area contributed by atoms with E-state index in [1.54, 1.807) is 0 Å². The van der Waals surface area contributed by atoms with Crippen molar-refractivity contribution < 1.29 is 4.79 Å². The summed E-state index contributed by atoms with van der Waals surface area (Å²) < 4.78 is 1.02. The molecule has 0 aromatic carbocycles. The van der Waals surface area contributed by atoms with E-state index in [0.717, 1.165) is 61.6 Å². The van der Waals surface area contributed by atoms with Gasteiger partial charge in [0.05, 0.1) is 12.2 Å². The van der Waals surface area contributed by atoms with Gasteiger partial charge in [-0.1, -0.05) is 6.92 Å². The van der Waals surface area contributed by atoms with Gasteiger partial charge in [0, 0.05) is 55.5 Å². The molecule has 5 nitrogen and oxygen atoms in total. The lowest BCUT2D eigenvalue weighted by Gasteiger charge is -2.36. The molecule has 25 heavy (non-hydrogen) atoms. The van der Waals surface area contributed by atoms with E-state index < -0.39 is 0 Å². The first-order chi connectivity index (χ1) is 12.1. The smallest absolute Gasteiger partial charge is 0.236 e. The molecule has 1 amide bonds. The fraction of sp³-hybridized carbons (Fsp3) is 0.684. The summed E-state index contributed by atoms with van der Waals surface area (Å²) in [5.41, 5.74) is 1.13. The molecule has 136 valence electrons. The topological polar surface area (TPSA) is 39.7 Å². The zero-order chi connectivity index (χ0) is 17.4. The number of amides is 1. The first kappa shape index (κ1) is 17.4. The Balaban J connectivity index is 1.28. The number of fused-ring (bicyclic) bond motifs is 2. The Morgan fingerprint density at radius 2 is 1.92 bits per heavy atom. The number of halogens is 1. The Morgan fingerprint density at radius 3 is 2.56 bits per heavy atom. The van der Waals surface area contributed by atoms with Crippen LogP contribution in [0.2, 0.25) is 0 Å². The van der Waals surface area contributed by atoms with Crippen molar-refractivity contribution in [3.63, 3.8) is 0 Å². The second-order valence-electron chi connectivity index (χ2n) is 7.93. The third-order valence-corrected chi connectivity index (χ3v) is 6.56. The maximum atomic E-state index is 12.6. The van der Waals surface area contributed by atoms with E-state index >= 15 is 0 Å². The number of aromatic nitrogens is 1. The zero-order valence-corrected chi connectivity index (χ0v) is 16.5. The predicted molar refractivity (Wildman–Crippen MR) is 101 cm³/mol. The minimum absolute atomic E-state index is 0.334. The number of nitrogens with zero attached hydrogens (tertiary/aromatic N) is 4. The summed E-state index contributed by atoms with van der Waals surface area (Å²) in [7, 11) is 0. The maximum absolute atomic E-state index is 12.6. The number of pyridine rings is 1. The summed E-state index contributed by atoms with van der Waals surface area (Å²) in [5, 5.41) is 0. The van der Waals surface area contributed by atoms with Crippen LogP contribution >= 0.6 is 15.9 Å². The summed E-state index contributed by atoms with van der Waals surface area (Å²) in [6, 6.07) is 5.26. The number of hydrogen-bond donors (Lipinski definition) is 0. The molecule has 6 heteroatoms. The van der Waals surface area contributed by atoms with Crippen molar-refractivity contribution in [1.82, 2.24) is 19.7 Å². The highest BCUT2D eigenvalue weighted by Gasteiger charge is 2.43. The Bertz CT molecular complexity index is 614. The molecule has 2 unspecified atom stereocenters. The van der Waals surface area contributed by atoms with Gasteiger partial charge in [-0.15, -0.1) is 0 Å². The van der Waals surface area contributed by atoms with Crippen molar-refractivity contribution in [2.24, 2.45) is 5.92 Å². The van der Waals surface area contributed by atoms with Crippen LogP contribution in [0.25, 0.3) is 0 Å². The molecule has 0 radical (unpaired) electrons. The third-order valence-electron chi connectivity index (χ3n) is 6.10. The van der Waals surface area contributed by atoms with E-state index in [1.807, 2.05) is 6.20 Å². The standard InChI is InChI=1S/C19H27BrN4O/c1-14-4-6-22(7-5-14)19(25)13-24-12-17-8-18(24)11-23(17)10-16-3-2-15(20)9-21-16/h2-3,9,14,17-18H,4-8,10-13H2,1H3. The lowest BCUT2D eigenvalue weighted by molar-refractivity contribution is -0.134. The van der Waals surface area contributed by atoms with Crippen LogP contribution < -0.4 is 0 Å². The fourth-order valence-corrected chi connectivity index (χ4v) is 4.69. The summed E-state index contributed by atoms with van der Waals surface area (Å²) in [5.74, 6) is 1.10. The molecule has 0 N–H and O–H groups in total. The zero-order valence-electron chi connectivity index (χ0n) is 14.9. The highest BCUT2D eigenvalue weighted by molar-refractivity contribution is 9.10. The number of carbonyl (C=O) groups is 1. The normalized spacial score (nSPS) is 28.0. The molecule has 0 aliphatic carbocycles. The van der Waals surface area contributed by atoms with Gasteiger partial charge in [0.2, 0.25) is 5.91 Å². The van der Waals surface area contributed by atoms with Crippen molar-refractivity contribution in [1.29, 1.82) is 0 Å². The summed E-state index contributed by atoms with van der Waals surface area (Å²) in [6.07, 6.45) is 5.38. The minimum atomic E-state index is 0.334. The van der Waals surface area contributed by atoms with Crippen molar-refractivity contribution in [3.8, 4) is 0 Å². The molecule has 1 aromatic heterocycles. The average molecular weight is 407 g/mol. The molecule has 0 saturated carbocycles. The van der Waals surface area contributed by atoms with Gasteiger partial charge < -0.3 is 4.90 Å². The summed E-state index contributed by atoms with van der Waals surface area (Å²) in [4.78, 5) is 24.1. The van der Waals surface area contributed by atoms with Gasteiger partial charge in [-0.2, -0.15) is 0 Å². The van der Waals surface area contributed by atoms with E-state index in [-0.39, 0.29) is 0 Å². The van der Waals surface area contributed by atoms with Gasteiger partial charge >= 0.3 is 0 Å². The number of likely N-dealkylation sites (tertiary alicyclic amines) is 3. The quantitative estimate of drug-likeness (QED) is 0.769. The van der Waals surface area contributed by atoms with E-state index in [4.69, 9.17) is 0 Å². The van der Waals surface area contributed by atoms with Gasteiger partial charge in [0.1, 0.15) is 0 Å². The van der Waals surface area contributed by atoms with Gasteiger partial charge in [-0.25, -0.2) is 0 Å². The molecule has 4 rings (SSSR count). The Morgan fingerprint density at radius 1 is 1.20 bits per heavy atom. The first-order valence-corrected chi connectivity index (χ1v) is 10.2. The molecule has 3 saturated heterocycles. The highest BCUT2D eigenvalue weighted by atomic mass is 79.9. The van der Waals surface area contributed by atoms with E-state index in [2.05, 4.69) is 54.7 Å². The second-order valence-corrected chi connectivity index (χ2v) is 8.85. The third kappa shape index (κ3) is 3.91. The van der Waals surface area contributed by atoms with Crippen molar-refractivity contribution in [3.05, 3.63) is 28.5 Å². The SMILES string of the molecule is CC1CCN(C(=O)CN2CC3CC2CN3Cc2ccc(Br)cn2)CC1. The van der Waals surface area contributed by atoms with Crippen LogP contribution in [0, 0.1) is 5.92 Å². The molecule has 3 fully saturated rings. The van der Waals surface area contributed by atoms with Crippen molar-refractivity contribution >= 4 is 21.8 Å². The van der Waals surface area contributed by atoms with Crippen LogP contribution in [-0.4, -0.2) is 70.4 Å². The van der Waals surface area contributed by atoms with Gasteiger partial charge in [-0.05, 0) is 53.2 Å². The summed E-state index contributed by atoms with van der Waals surface area (Å²) in [6.45, 7) is 7.80. The molecule has 1 aromatic rings. The lowest BCUT2D eigenvalue weighted by atomic mass is 9.99. The molecular formula is C19H27BrN4O. The second kappa shape index (κ2) is 7.33. The molecular weight excluding hydrogens is 380 g/mol. The molecule has 3 aliphatic rings. The molecule has 0 spiro atoms. The summed E-state index contributed by atoms with van der Waals surface area (Å²) >= 11 is 3.44. The van der Waals surface area contributed by atoms with E-state index in [0.29, 0.717) is 24.5 Å². The molecule has 4 heterocycles. The van der Waals surface area contributed by atoms with Crippen LogP contribution in [0.3, 0.4) is 0 Å². The van der Waals surface area contributed by atoms with Crippen molar-refractivity contribution in [2.45, 2.75) is 44.8 Å². The van der Waals surface area contributed by atoms with Crippen LogP contribution in [0.4, 0.5) is 0 Å². The minimum Gasteiger partial charge on any atom is -0.342 e. The molecule has 2 bridgehead atoms. The van der Waals surface area contributed by atoms with E-state index in [1.165, 1.54) is 6.42 Å². The van der Waals surface area contributed by atoms with Gasteiger partial charge in [0.25, 0.3) is 0 Å².